The van der Waals surface area contributed by atoms with E-state index < -0.39 is 64.6 Å². The Balaban J connectivity index is 1.52. The standard InChI is InChI=1S/C25H24F8N4O2/c1-36-8-13-14(9-36)19(13)34-16-7-17(38)37(24(5-6-24)23(29)30)10-15(16)22(39)35-20(25(31,32)33)11-3-2-4-12(18(11)26)21(27)28/h2-4,7,10,13-14,19-21,23,34H,5-6,8-9H2,1H3,(H,35,39)/t13-,14+,19+,20-/m1/s1. The normalized spacial score (nSPS) is 24.5. The minimum absolute atomic E-state index is 0.0751. The van der Waals surface area contributed by atoms with Crippen molar-refractivity contribution in [2.75, 3.05) is 25.5 Å². The van der Waals surface area contributed by atoms with Crippen molar-refractivity contribution < 1.29 is 39.9 Å². The highest BCUT2D eigenvalue weighted by atomic mass is 19.4. The predicted octanol–water partition coefficient (Wildman–Crippen LogP) is 4.68. The van der Waals surface area contributed by atoms with Crippen LogP contribution in [0.5, 0.6) is 0 Å². The number of rotatable bonds is 8. The summed E-state index contributed by atoms with van der Waals surface area (Å²) in [5.41, 5.74) is -5.93. The van der Waals surface area contributed by atoms with Gasteiger partial charge in [0.25, 0.3) is 24.3 Å². The molecule has 0 radical (unpaired) electrons. The van der Waals surface area contributed by atoms with Gasteiger partial charge in [-0.05, 0) is 31.7 Å². The second kappa shape index (κ2) is 9.49. The summed E-state index contributed by atoms with van der Waals surface area (Å²) < 4.78 is 111. The zero-order valence-corrected chi connectivity index (χ0v) is 20.4. The number of hydrogen-bond donors (Lipinski definition) is 2. The number of amides is 1. The molecule has 212 valence electrons. The molecule has 1 saturated heterocycles. The third kappa shape index (κ3) is 4.87. The molecule has 39 heavy (non-hydrogen) atoms. The average molecular weight is 564 g/mol. The molecule has 6 nitrogen and oxygen atoms in total. The first kappa shape index (κ1) is 27.4. The molecule has 0 bridgehead atoms. The van der Waals surface area contributed by atoms with Gasteiger partial charge in [0.05, 0.1) is 16.8 Å². The molecular weight excluding hydrogens is 540 g/mol. The number of nitrogens with one attached hydrogen (secondary N) is 2. The van der Waals surface area contributed by atoms with E-state index in [1.54, 1.807) is 5.32 Å². The number of pyridine rings is 1. The van der Waals surface area contributed by atoms with Gasteiger partial charge in [-0.3, -0.25) is 9.59 Å². The highest BCUT2D eigenvalue weighted by Crippen LogP contribution is 2.49. The summed E-state index contributed by atoms with van der Waals surface area (Å²) in [7, 11) is 1.90. The summed E-state index contributed by atoms with van der Waals surface area (Å²) in [5.74, 6) is -2.94. The zero-order valence-electron chi connectivity index (χ0n) is 20.4. The topological polar surface area (TPSA) is 66.4 Å². The maximum atomic E-state index is 14.7. The Morgan fingerprint density at radius 2 is 1.69 bits per heavy atom. The van der Waals surface area contributed by atoms with E-state index in [0.29, 0.717) is 29.8 Å². The Kier molecular flexibility index (Phi) is 6.67. The molecule has 1 aliphatic heterocycles. The van der Waals surface area contributed by atoms with Gasteiger partial charge in [0.2, 0.25) is 0 Å². The van der Waals surface area contributed by atoms with Crippen LogP contribution in [0.2, 0.25) is 0 Å². The Morgan fingerprint density at radius 1 is 1.08 bits per heavy atom. The fourth-order valence-corrected chi connectivity index (χ4v) is 5.51. The largest absolute Gasteiger partial charge is 0.412 e. The molecule has 2 saturated carbocycles. The number of carbonyl (C=O) groups is 1. The Labute approximate surface area is 217 Å². The lowest BCUT2D eigenvalue weighted by atomic mass is 10.0. The van der Waals surface area contributed by atoms with E-state index in [9.17, 15) is 44.7 Å². The molecule has 1 aromatic heterocycles. The molecular formula is C25H24F8N4O2. The van der Waals surface area contributed by atoms with Gasteiger partial charge >= 0.3 is 6.18 Å². The molecule has 2 heterocycles. The van der Waals surface area contributed by atoms with Crippen molar-refractivity contribution >= 4 is 11.6 Å². The molecule has 5 rings (SSSR count). The van der Waals surface area contributed by atoms with Crippen molar-refractivity contribution in [2.45, 2.75) is 49.5 Å². The zero-order chi connectivity index (χ0) is 28.4. The van der Waals surface area contributed by atoms with Crippen molar-refractivity contribution in [3.63, 3.8) is 0 Å². The van der Waals surface area contributed by atoms with Crippen molar-refractivity contribution in [3.05, 3.63) is 63.3 Å². The first-order valence-electron chi connectivity index (χ1n) is 12.2. The van der Waals surface area contributed by atoms with Crippen LogP contribution in [0.4, 0.5) is 40.8 Å². The van der Waals surface area contributed by atoms with Crippen LogP contribution in [0.15, 0.2) is 35.3 Å². The average Bonchev–Trinajstić information content (AvgIpc) is 3.72. The van der Waals surface area contributed by atoms with Crippen molar-refractivity contribution in [1.29, 1.82) is 0 Å². The summed E-state index contributed by atoms with van der Waals surface area (Å²) >= 11 is 0. The molecule has 2 aliphatic carbocycles. The quantitative estimate of drug-likeness (QED) is 0.457. The monoisotopic (exact) mass is 564 g/mol. The summed E-state index contributed by atoms with van der Waals surface area (Å²) in [6.45, 7) is 1.43. The molecule has 1 aromatic carbocycles. The highest BCUT2D eigenvalue weighted by Gasteiger charge is 2.56. The lowest BCUT2D eigenvalue weighted by Gasteiger charge is -2.25. The second-order valence-corrected chi connectivity index (χ2v) is 10.4. The number of benzene rings is 1. The van der Waals surface area contributed by atoms with Gasteiger partial charge in [-0.2, -0.15) is 13.2 Å². The van der Waals surface area contributed by atoms with Crippen molar-refractivity contribution in [2.24, 2.45) is 11.8 Å². The smallest absolute Gasteiger partial charge is 0.381 e. The number of piperidine rings is 1. The van der Waals surface area contributed by atoms with Crippen LogP contribution in [-0.2, 0) is 5.54 Å². The van der Waals surface area contributed by atoms with Gasteiger partial charge in [-0.15, -0.1) is 0 Å². The van der Waals surface area contributed by atoms with Gasteiger partial charge in [0, 0.05) is 37.0 Å². The molecule has 3 fully saturated rings. The number of halogens is 8. The molecule has 0 unspecified atom stereocenters. The number of nitrogens with zero attached hydrogens (tertiary/aromatic N) is 2. The summed E-state index contributed by atoms with van der Waals surface area (Å²) in [6, 6.07) is -0.268. The predicted molar refractivity (Wildman–Crippen MR) is 123 cm³/mol. The SMILES string of the molecule is CN1C[C@@H]2[C@H](C1)[C@H]2Nc1cc(=O)n(C2(C(F)F)CC2)cc1C(=O)N[C@H](c1cccc(C(F)F)c1F)C(F)(F)F. The molecule has 2 N–H and O–H groups in total. The fourth-order valence-electron chi connectivity index (χ4n) is 5.51. The van der Waals surface area contributed by atoms with Gasteiger partial charge in [0.1, 0.15) is 11.4 Å². The van der Waals surface area contributed by atoms with E-state index in [1.165, 1.54) is 0 Å². The van der Waals surface area contributed by atoms with Gasteiger partial charge in [-0.1, -0.05) is 18.2 Å². The first-order valence-corrected chi connectivity index (χ1v) is 12.2. The van der Waals surface area contributed by atoms with Crippen molar-refractivity contribution in [3.8, 4) is 0 Å². The van der Waals surface area contributed by atoms with Crippen LogP contribution >= 0.6 is 0 Å². The van der Waals surface area contributed by atoms with Gasteiger partial charge in [0.15, 0.2) is 6.04 Å². The molecule has 14 heteroatoms. The number of aromatic nitrogens is 1. The molecule has 2 aromatic rings. The van der Waals surface area contributed by atoms with Crippen LogP contribution in [0.1, 0.15) is 46.8 Å². The lowest BCUT2D eigenvalue weighted by Crippen LogP contribution is -2.41. The van der Waals surface area contributed by atoms with Crippen LogP contribution < -0.4 is 16.2 Å². The number of anilines is 1. The van der Waals surface area contributed by atoms with E-state index in [1.807, 2.05) is 7.05 Å². The summed E-state index contributed by atoms with van der Waals surface area (Å²) in [5, 5.41) is 4.64. The van der Waals surface area contributed by atoms with E-state index in [2.05, 4.69) is 10.2 Å². The van der Waals surface area contributed by atoms with E-state index in [4.69, 9.17) is 0 Å². The van der Waals surface area contributed by atoms with E-state index in [-0.39, 0.29) is 36.4 Å². The van der Waals surface area contributed by atoms with Crippen LogP contribution in [0.3, 0.4) is 0 Å². The van der Waals surface area contributed by atoms with Gasteiger partial charge < -0.3 is 20.1 Å². The van der Waals surface area contributed by atoms with Crippen molar-refractivity contribution in [1.82, 2.24) is 14.8 Å². The van der Waals surface area contributed by atoms with Gasteiger partial charge in [-0.25, -0.2) is 22.0 Å². The van der Waals surface area contributed by atoms with Crippen LogP contribution in [-0.4, -0.2) is 54.2 Å². The molecule has 1 amide bonds. The maximum absolute atomic E-state index is 14.7. The summed E-state index contributed by atoms with van der Waals surface area (Å²) in [4.78, 5) is 28.1. The summed E-state index contributed by atoms with van der Waals surface area (Å²) in [6.07, 6.45) is -11.0. The van der Waals surface area contributed by atoms with Crippen LogP contribution in [0.25, 0.3) is 0 Å². The molecule has 0 spiro atoms. The third-order valence-corrected chi connectivity index (χ3v) is 7.85. The minimum Gasteiger partial charge on any atom is -0.381 e. The first-order chi connectivity index (χ1) is 18.2. The maximum Gasteiger partial charge on any atom is 0.412 e. The van der Waals surface area contributed by atoms with E-state index in [0.717, 1.165) is 18.3 Å². The minimum atomic E-state index is -5.31. The number of fused-ring (bicyclic) bond motifs is 1. The number of likely N-dealkylation sites (tertiary alicyclic amines) is 1. The third-order valence-electron chi connectivity index (χ3n) is 7.85. The Bertz CT molecular complexity index is 1330. The number of alkyl halides is 7. The second-order valence-electron chi connectivity index (χ2n) is 10.4. The Morgan fingerprint density at radius 3 is 2.23 bits per heavy atom. The highest BCUT2D eigenvalue weighted by molar-refractivity contribution is 5.99. The number of hydrogen-bond acceptors (Lipinski definition) is 4. The molecule has 3 aliphatic rings. The lowest BCUT2D eigenvalue weighted by molar-refractivity contribution is -0.155. The molecule has 4 atom stereocenters. The number of carbonyl (C=O) groups excluding carboxylic acids is 1. The Hall–Kier alpha value is -3.16. The fraction of sp³-hybridized carbons (Fsp3) is 0.520. The van der Waals surface area contributed by atoms with Crippen LogP contribution in [0, 0.1) is 17.7 Å². The van der Waals surface area contributed by atoms with E-state index >= 15 is 0 Å².